The highest BCUT2D eigenvalue weighted by molar-refractivity contribution is 5.73. The van der Waals surface area contributed by atoms with Crippen molar-refractivity contribution >= 4 is 18.1 Å². The number of anilines is 1. The van der Waals surface area contributed by atoms with E-state index in [9.17, 15) is 0 Å². The van der Waals surface area contributed by atoms with Gasteiger partial charge < -0.3 is 15.4 Å². The highest BCUT2D eigenvalue weighted by Gasteiger charge is 2.16. The van der Waals surface area contributed by atoms with Crippen LogP contribution >= 0.6 is 0 Å². The van der Waals surface area contributed by atoms with Crippen molar-refractivity contribution < 1.29 is 4.74 Å². The van der Waals surface area contributed by atoms with Gasteiger partial charge in [0.2, 0.25) is 0 Å². The summed E-state index contributed by atoms with van der Waals surface area (Å²) in [6.07, 6.45) is 6.45. The average molecular weight is 354 g/mol. The molecule has 0 bridgehead atoms. The zero-order valence-corrected chi connectivity index (χ0v) is 16.2. The number of nitrogens with two attached hydrogens (primary N) is 1. The Kier molecular flexibility index (Phi) is 7.67. The molecule has 0 heterocycles. The maximum Gasteiger partial charge on any atom is 0.145 e. The second kappa shape index (κ2) is 9.97. The lowest BCUT2D eigenvalue weighted by molar-refractivity contribution is 0.156. The Morgan fingerprint density at radius 2 is 1.69 bits per heavy atom. The van der Waals surface area contributed by atoms with E-state index < -0.39 is 0 Å². The number of nitrogens with zero attached hydrogens (tertiary/aromatic N) is 2. The van der Waals surface area contributed by atoms with Crippen molar-refractivity contribution in [3.05, 3.63) is 42.5 Å². The molecule has 0 aliphatic heterocycles. The molecule has 0 saturated heterocycles. The standard InChI is InChI=1S/C21H26N2O.CH5N/c1-22-20-15-17(16-8-7-9-18(14-16)23(2)3)12-13-21(20)24-19-10-5-4-6-11-19;1-2/h7-9,12-15,19H,1,4-6,10-11H2,2-3H3;2H2,1H3. The molecule has 4 heteroatoms. The normalized spacial score (nSPS) is 14.2. The predicted octanol–water partition coefficient (Wildman–Crippen LogP) is 5.04. The molecule has 1 fully saturated rings. The Morgan fingerprint density at radius 3 is 2.35 bits per heavy atom. The van der Waals surface area contributed by atoms with Crippen LogP contribution in [0.1, 0.15) is 32.1 Å². The molecular weight excluding hydrogens is 322 g/mol. The first-order valence-corrected chi connectivity index (χ1v) is 9.30. The van der Waals surface area contributed by atoms with Crippen molar-refractivity contribution in [3.63, 3.8) is 0 Å². The van der Waals surface area contributed by atoms with E-state index in [0.29, 0.717) is 6.10 Å². The van der Waals surface area contributed by atoms with Gasteiger partial charge in [-0.2, -0.15) is 0 Å². The van der Waals surface area contributed by atoms with Gasteiger partial charge in [0.05, 0.1) is 6.10 Å². The number of hydrogen-bond acceptors (Lipinski definition) is 4. The largest absolute Gasteiger partial charge is 0.488 e. The van der Waals surface area contributed by atoms with Gasteiger partial charge in [0.15, 0.2) is 0 Å². The smallest absolute Gasteiger partial charge is 0.145 e. The summed E-state index contributed by atoms with van der Waals surface area (Å²) in [5.74, 6) is 0.851. The molecule has 1 aliphatic rings. The van der Waals surface area contributed by atoms with Crippen LogP contribution in [0.25, 0.3) is 11.1 Å². The van der Waals surface area contributed by atoms with Crippen LogP contribution in [0.3, 0.4) is 0 Å². The van der Waals surface area contributed by atoms with Gasteiger partial charge in [0.25, 0.3) is 0 Å². The third kappa shape index (κ3) is 5.09. The van der Waals surface area contributed by atoms with Crippen molar-refractivity contribution in [2.45, 2.75) is 38.2 Å². The molecular formula is C22H31N3O. The van der Waals surface area contributed by atoms with Gasteiger partial charge in [-0.25, -0.2) is 0 Å². The van der Waals surface area contributed by atoms with Crippen LogP contribution in [0.2, 0.25) is 0 Å². The molecule has 140 valence electrons. The van der Waals surface area contributed by atoms with Gasteiger partial charge in [-0.3, -0.25) is 4.99 Å². The zero-order valence-electron chi connectivity index (χ0n) is 16.2. The van der Waals surface area contributed by atoms with Gasteiger partial charge >= 0.3 is 0 Å². The maximum atomic E-state index is 6.19. The van der Waals surface area contributed by atoms with Crippen LogP contribution in [-0.2, 0) is 0 Å². The summed E-state index contributed by atoms with van der Waals surface area (Å²) >= 11 is 0. The molecule has 0 aromatic heterocycles. The van der Waals surface area contributed by atoms with Crippen LogP contribution in [0.5, 0.6) is 5.75 Å². The summed E-state index contributed by atoms with van der Waals surface area (Å²) in [4.78, 5) is 6.30. The van der Waals surface area contributed by atoms with E-state index in [0.717, 1.165) is 29.8 Å². The fourth-order valence-electron chi connectivity index (χ4n) is 3.25. The van der Waals surface area contributed by atoms with Crippen molar-refractivity contribution in [3.8, 4) is 16.9 Å². The van der Waals surface area contributed by atoms with Gasteiger partial charge in [-0.15, -0.1) is 0 Å². The van der Waals surface area contributed by atoms with Crippen molar-refractivity contribution in [2.24, 2.45) is 10.7 Å². The fourth-order valence-corrected chi connectivity index (χ4v) is 3.25. The van der Waals surface area contributed by atoms with E-state index in [1.54, 1.807) is 0 Å². The molecule has 0 spiro atoms. The first-order valence-electron chi connectivity index (χ1n) is 9.30. The minimum absolute atomic E-state index is 0.321. The lowest BCUT2D eigenvalue weighted by atomic mass is 9.97. The minimum Gasteiger partial charge on any atom is -0.488 e. The highest BCUT2D eigenvalue weighted by atomic mass is 16.5. The topological polar surface area (TPSA) is 50.8 Å². The molecule has 0 atom stereocenters. The Morgan fingerprint density at radius 1 is 1.00 bits per heavy atom. The summed E-state index contributed by atoms with van der Waals surface area (Å²) in [5, 5.41) is 0. The van der Waals surface area contributed by atoms with Crippen LogP contribution < -0.4 is 15.4 Å². The quantitative estimate of drug-likeness (QED) is 0.766. The molecule has 3 rings (SSSR count). The van der Waals surface area contributed by atoms with E-state index >= 15 is 0 Å². The zero-order chi connectivity index (χ0) is 18.9. The van der Waals surface area contributed by atoms with Crippen molar-refractivity contribution in [1.82, 2.24) is 0 Å². The van der Waals surface area contributed by atoms with Gasteiger partial charge in [0, 0.05) is 19.8 Å². The minimum atomic E-state index is 0.321. The first kappa shape index (κ1) is 20.0. The van der Waals surface area contributed by atoms with Crippen molar-refractivity contribution in [2.75, 3.05) is 26.0 Å². The van der Waals surface area contributed by atoms with Crippen LogP contribution in [-0.4, -0.2) is 34.0 Å². The number of aliphatic imine (C=N–C) groups is 1. The molecule has 0 unspecified atom stereocenters. The number of ether oxygens (including phenoxy) is 1. The third-order valence-electron chi connectivity index (χ3n) is 4.67. The van der Waals surface area contributed by atoms with E-state index in [2.05, 4.69) is 72.8 Å². The van der Waals surface area contributed by atoms with Crippen LogP contribution in [0.4, 0.5) is 11.4 Å². The van der Waals surface area contributed by atoms with Gasteiger partial charge in [-0.05, 0) is 74.8 Å². The highest BCUT2D eigenvalue weighted by Crippen LogP contribution is 2.35. The molecule has 0 amide bonds. The van der Waals surface area contributed by atoms with Crippen LogP contribution in [0, 0.1) is 0 Å². The molecule has 0 radical (unpaired) electrons. The third-order valence-corrected chi connectivity index (χ3v) is 4.67. The summed E-state index contributed by atoms with van der Waals surface area (Å²) in [7, 11) is 5.61. The van der Waals surface area contributed by atoms with E-state index in [-0.39, 0.29) is 0 Å². The van der Waals surface area contributed by atoms with E-state index in [1.165, 1.54) is 37.6 Å². The number of hydrogen-bond donors (Lipinski definition) is 1. The molecule has 2 aromatic carbocycles. The Labute approximate surface area is 157 Å². The molecule has 4 nitrogen and oxygen atoms in total. The molecule has 2 aromatic rings. The lowest BCUT2D eigenvalue weighted by Crippen LogP contribution is -2.19. The number of benzene rings is 2. The average Bonchev–Trinajstić information content (AvgIpc) is 2.70. The molecule has 1 aliphatic carbocycles. The molecule has 26 heavy (non-hydrogen) atoms. The van der Waals surface area contributed by atoms with E-state index in [4.69, 9.17) is 4.74 Å². The summed E-state index contributed by atoms with van der Waals surface area (Å²) in [6.45, 7) is 3.73. The maximum absolute atomic E-state index is 6.19. The summed E-state index contributed by atoms with van der Waals surface area (Å²) in [5.41, 5.74) is 8.82. The Hall–Kier alpha value is -2.33. The van der Waals surface area contributed by atoms with E-state index in [1.807, 2.05) is 6.07 Å². The molecule has 2 N–H and O–H groups in total. The monoisotopic (exact) mass is 353 g/mol. The van der Waals surface area contributed by atoms with Crippen LogP contribution in [0.15, 0.2) is 47.5 Å². The Bertz CT molecular complexity index is 706. The van der Waals surface area contributed by atoms with Gasteiger partial charge in [0.1, 0.15) is 11.4 Å². The summed E-state index contributed by atoms with van der Waals surface area (Å²) < 4.78 is 6.19. The fraction of sp³-hybridized carbons (Fsp3) is 0.409. The van der Waals surface area contributed by atoms with Gasteiger partial charge in [-0.1, -0.05) is 24.6 Å². The summed E-state index contributed by atoms with van der Waals surface area (Å²) in [6, 6.07) is 14.7. The van der Waals surface area contributed by atoms with Crippen molar-refractivity contribution in [1.29, 1.82) is 0 Å². The molecule has 1 saturated carbocycles. The Balaban J connectivity index is 0.00000117. The number of rotatable bonds is 5. The first-order chi connectivity index (χ1) is 12.7. The SMILES string of the molecule is C=Nc1cc(-c2cccc(N(C)C)c2)ccc1OC1CCCCC1.CN. The second-order valence-electron chi connectivity index (χ2n) is 6.66. The second-order valence-corrected chi connectivity index (χ2v) is 6.66. The lowest BCUT2D eigenvalue weighted by Gasteiger charge is -2.24. The predicted molar refractivity (Wildman–Crippen MR) is 113 cm³/mol.